The topological polar surface area (TPSA) is 319 Å². The predicted octanol–water partition coefficient (Wildman–Crippen LogP) is 11.3. The van der Waals surface area contributed by atoms with Gasteiger partial charge in [0.1, 0.15) is 96.4 Å². The van der Waals surface area contributed by atoms with Gasteiger partial charge in [-0.15, -0.1) is 0 Å². The normalized spacial score (nSPS) is 9.72. The molecule has 4 heterocycles. The molecule has 0 aliphatic rings. The van der Waals surface area contributed by atoms with Crippen LogP contribution in [0.3, 0.4) is 0 Å². The number of rotatable bonds is 7. The number of aldehydes is 1. The van der Waals surface area contributed by atoms with Crippen molar-refractivity contribution in [2.45, 2.75) is 0 Å². The van der Waals surface area contributed by atoms with Crippen LogP contribution in [0.15, 0.2) is 98.9 Å². The zero-order chi connectivity index (χ0) is 58.6. The molecule has 6 aromatic carbocycles. The lowest BCUT2D eigenvalue weighted by Gasteiger charge is -2.05. The molecule has 0 aliphatic heterocycles. The zero-order valence-electron chi connectivity index (χ0n) is 42.8. The Morgan fingerprint density at radius 3 is 1.64 bits per heavy atom. The van der Waals surface area contributed by atoms with Gasteiger partial charge in [-0.05, 0) is 108 Å². The Bertz CT molecular complexity index is 4150. The second-order valence-corrected chi connectivity index (χ2v) is 17.7. The largest absolute Gasteiger partial charge is 0.495 e. The first-order valence-electron chi connectivity index (χ1n) is 22.3. The molecule has 4 aromatic heterocycles. The van der Waals surface area contributed by atoms with Crippen LogP contribution >= 0.6 is 47.8 Å². The smallest absolute Gasteiger partial charge is 0.156 e. The number of carbonyl (C=O) groups excluding carboxylic acids is 1. The Hall–Kier alpha value is -10.1. The van der Waals surface area contributed by atoms with Gasteiger partial charge in [0, 0.05) is 36.0 Å². The van der Waals surface area contributed by atoms with Crippen LogP contribution in [0, 0.1) is 79.6 Å². The minimum absolute atomic E-state index is 0.0162. The highest BCUT2D eigenvalue weighted by Gasteiger charge is 2.16. The Morgan fingerprint density at radius 1 is 0.537 bits per heavy atom. The van der Waals surface area contributed by atoms with Crippen molar-refractivity contribution in [1.29, 1.82) is 31.6 Å². The molecule has 3 N–H and O–H groups in total. The molecular weight excluding hydrogens is 1230 g/mol. The maximum Gasteiger partial charge on any atom is 0.156 e. The number of halogens is 5. The van der Waals surface area contributed by atoms with Crippen molar-refractivity contribution < 1.29 is 42.0 Å². The second-order valence-electron chi connectivity index (χ2n) is 15.3. The maximum absolute atomic E-state index is 12.9. The average Bonchev–Trinajstić information content (AvgIpc) is 4.30. The zero-order valence-corrected chi connectivity index (χ0v) is 47.6. The van der Waals surface area contributed by atoms with Crippen LogP contribution in [0.5, 0.6) is 34.5 Å². The molecule has 21 nitrogen and oxygen atoms in total. The van der Waals surface area contributed by atoms with Crippen LogP contribution in [-0.2, 0) is 7.05 Å². The molecule has 0 aliphatic carbocycles. The molecule has 0 atom stereocenters. The molecule has 0 saturated carbocycles. The number of methoxy groups -OCH3 is 6. The quantitative estimate of drug-likeness (QED) is 0.125. The fourth-order valence-corrected chi connectivity index (χ4v) is 8.59. The van der Waals surface area contributed by atoms with E-state index in [1.807, 2.05) is 25.2 Å². The van der Waals surface area contributed by atoms with Gasteiger partial charge in [0.25, 0.3) is 0 Å². The molecule has 0 unspecified atom stereocenters. The third kappa shape index (κ3) is 13.9. The number of nitrogens with one attached hydrogen (secondary N) is 3. The number of hydrogen-bond acceptors (Lipinski definition) is 17. The highest BCUT2D eigenvalue weighted by molar-refractivity contribution is 9.11. The number of aryl methyl sites for hydroxylation is 1. The summed E-state index contributed by atoms with van der Waals surface area (Å²) in [5.41, 5.74) is 5.65. The maximum atomic E-state index is 12.9. The number of aromatic amines is 3. The van der Waals surface area contributed by atoms with E-state index in [9.17, 15) is 13.6 Å². The highest BCUT2D eigenvalue weighted by Crippen LogP contribution is 2.34. The van der Waals surface area contributed by atoms with Gasteiger partial charge < -0.3 is 28.4 Å². The first-order chi connectivity index (χ1) is 38.6. The molecule has 10 aromatic rings. The summed E-state index contributed by atoms with van der Waals surface area (Å²) in [6.07, 6.45) is 1.98. The molecule has 80 heavy (non-hydrogen) atoms. The molecule has 402 valence electrons. The molecule has 26 heteroatoms. The number of nitriles is 6. The lowest BCUT2D eigenvalue weighted by atomic mass is 10.1. The Kier molecular flexibility index (Phi) is 21.9. The van der Waals surface area contributed by atoms with Crippen LogP contribution in [0.1, 0.15) is 43.7 Å². The van der Waals surface area contributed by atoms with Gasteiger partial charge in [0.05, 0.1) is 121 Å². The Labute approximate surface area is 479 Å². The standard InChI is InChI=1S/C10H8BrN3O.2C9H6BrN3O.C9H6FNO2.C9H7N3O.C8H6FNO/c1-14-8-4-9(15-2)6(5-12)3-7(8)10(11)13-14;1-14-8-3-7-6(2-5(8)4-11)9(10)13-12-7;1-14-8-5(4-11)2-3-6-7(8)9(10)13-12-6;1-13-9-6(4-11)2-3-8(10)7(9)5-12;1-13-9-6(4-10)2-3-8-7(9)5-11-12-8;1-11-8-4-7(9)3-2-6(8)5-10/h3-4H,1-2H3;2*2-3H,1H3,(H,12,13);2-3,5H,1H3;2-3,5H,1H3,(H,11,12);2-4H,1H3. The fourth-order valence-electron chi connectivity index (χ4n) is 7.15. The number of fused-ring (bicyclic) bond motifs is 4. The van der Waals surface area contributed by atoms with Crippen molar-refractivity contribution in [2.24, 2.45) is 7.05 Å². The monoisotopic (exact) mass is 1270 g/mol. The summed E-state index contributed by atoms with van der Waals surface area (Å²) >= 11 is 9.97. The van der Waals surface area contributed by atoms with E-state index in [-0.39, 0.29) is 22.6 Å². The van der Waals surface area contributed by atoms with E-state index >= 15 is 0 Å². The van der Waals surface area contributed by atoms with E-state index in [1.165, 1.54) is 52.7 Å². The molecular formula is C54H39Br3F2N14O7. The van der Waals surface area contributed by atoms with E-state index in [2.05, 4.69) is 108 Å². The van der Waals surface area contributed by atoms with E-state index in [0.717, 1.165) is 63.5 Å². The van der Waals surface area contributed by atoms with Gasteiger partial charge in [0.15, 0.2) is 6.29 Å². The minimum atomic E-state index is -0.689. The third-order valence-electron chi connectivity index (χ3n) is 10.9. The van der Waals surface area contributed by atoms with Gasteiger partial charge in [-0.1, -0.05) is 0 Å². The van der Waals surface area contributed by atoms with Crippen molar-refractivity contribution in [1.82, 2.24) is 40.4 Å². The summed E-state index contributed by atoms with van der Waals surface area (Å²) in [5, 5.41) is 80.5. The van der Waals surface area contributed by atoms with Gasteiger partial charge in [-0.25, -0.2) is 8.78 Å². The molecule has 0 radical (unpaired) electrons. The van der Waals surface area contributed by atoms with Crippen molar-refractivity contribution in [3.8, 4) is 70.9 Å². The number of benzene rings is 6. The molecule has 0 amide bonds. The van der Waals surface area contributed by atoms with E-state index in [0.29, 0.717) is 57.1 Å². The number of ether oxygens (including phenoxy) is 6. The second kappa shape index (κ2) is 28.9. The number of hydrogen-bond donors (Lipinski definition) is 3. The average molecular weight is 1270 g/mol. The lowest BCUT2D eigenvalue weighted by molar-refractivity contribution is 0.111. The number of aromatic nitrogens is 8. The van der Waals surface area contributed by atoms with Gasteiger partial charge in [0.2, 0.25) is 0 Å². The summed E-state index contributed by atoms with van der Waals surface area (Å²) in [4.78, 5) is 10.4. The Balaban J connectivity index is 0.000000177. The van der Waals surface area contributed by atoms with Crippen LogP contribution in [0.4, 0.5) is 8.78 Å². The lowest BCUT2D eigenvalue weighted by Crippen LogP contribution is -1.97. The summed E-state index contributed by atoms with van der Waals surface area (Å²) in [7, 11) is 10.7. The minimum Gasteiger partial charge on any atom is -0.495 e. The molecule has 0 fully saturated rings. The first kappa shape index (κ1) is 60.8. The summed E-state index contributed by atoms with van der Waals surface area (Å²) in [6.45, 7) is 0. The van der Waals surface area contributed by atoms with Crippen molar-refractivity contribution in [3.63, 3.8) is 0 Å². The van der Waals surface area contributed by atoms with Gasteiger partial charge >= 0.3 is 0 Å². The van der Waals surface area contributed by atoms with Gasteiger partial charge in [-0.3, -0.25) is 24.8 Å². The SMILES string of the molecule is COc1c(C#N)ccc(F)c1C=O.COc1c(C#N)ccc2[nH]ncc12.COc1c(C#N)ccc2n[nH]c(Br)c12.COc1cc(F)ccc1C#N.COc1cc2c(cc1C#N)c(Br)nn2C.COc1cc2n[nH]c(Br)c2cc1C#N. The third-order valence-corrected chi connectivity index (χ3v) is 12.7. The molecule has 0 saturated heterocycles. The summed E-state index contributed by atoms with van der Waals surface area (Å²) < 4.78 is 59.4. The molecule has 0 bridgehead atoms. The van der Waals surface area contributed by atoms with Crippen LogP contribution in [-0.4, -0.2) is 89.3 Å². The predicted molar refractivity (Wildman–Crippen MR) is 298 cm³/mol. The van der Waals surface area contributed by atoms with Crippen molar-refractivity contribution >= 4 is 97.7 Å². The van der Waals surface area contributed by atoms with Crippen molar-refractivity contribution in [2.75, 3.05) is 42.7 Å². The number of H-pyrrole nitrogens is 3. The van der Waals surface area contributed by atoms with E-state index < -0.39 is 11.6 Å². The fraction of sp³-hybridized carbons (Fsp3) is 0.130. The molecule has 10 rings (SSSR count). The van der Waals surface area contributed by atoms with E-state index in [1.54, 1.807) is 67.6 Å². The van der Waals surface area contributed by atoms with Crippen LogP contribution in [0.25, 0.3) is 43.6 Å². The van der Waals surface area contributed by atoms with Crippen LogP contribution in [0.2, 0.25) is 0 Å². The van der Waals surface area contributed by atoms with Gasteiger partial charge in [-0.2, -0.15) is 52.0 Å². The van der Waals surface area contributed by atoms with E-state index in [4.69, 9.17) is 60.0 Å². The summed E-state index contributed by atoms with van der Waals surface area (Å²) in [6, 6.07) is 32.1. The van der Waals surface area contributed by atoms with Crippen LogP contribution < -0.4 is 28.4 Å². The first-order valence-corrected chi connectivity index (χ1v) is 24.7. The number of carbonyl (C=O) groups is 1. The Morgan fingerprint density at radius 2 is 1.05 bits per heavy atom. The highest BCUT2D eigenvalue weighted by atomic mass is 79.9. The summed E-state index contributed by atoms with van der Waals surface area (Å²) in [5.74, 6) is 1.40. The number of nitrogens with zero attached hydrogens (tertiary/aromatic N) is 11. The molecule has 0 spiro atoms. The van der Waals surface area contributed by atoms with Crippen molar-refractivity contribution in [3.05, 3.63) is 149 Å².